The highest BCUT2D eigenvalue weighted by Crippen LogP contribution is 2.33. The number of methoxy groups -OCH3 is 1. The Morgan fingerprint density at radius 1 is 0.750 bits per heavy atom. The molecule has 0 radical (unpaired) electrons. The SMILES string of the molecule is COc1cccc2c1ccc1c3ccccc3cnc21. The van der Waals surface area contributed by atoms with Crippen molar-refractivity contribution >= 4 is 32.4 Å². The van der Waals surface area contributed by atoms with E-state index in [2.05, 4.69) is 41.4 Å². The van der Waals surface area contributed by atoms with E-state index in [1.54, 1.807) is 7.11 Å². The average molecular weight is 259 g/mol. The zero-order valence-corrected chi connectivity index (χ0v) is 11.1. The number of benzene rings is 3. The van der Waals surface area contributed by atoms with Crippen LogP contribution in [0.15, 0.2) is 60.8 Å². The standard InChI is InChI=1S/C18H13NO/c1-20-17-8-4-7-15-14(17)9-10-16-13-6-3-2-5-12(13)11-19-18(15)16/h2-11H,1H3. The Labute approximate surface area is 116 Å². The molecule has 4 rings (SSSR count). The van der Waals surface area contributed by atoms with Crippen LogP contribution >= 0.6 is 0 Å². The van der Waals surface area contributed by atoms with E-state index in [0.717, 1.165) is 22.0 Å². The van der Waals surface area contributed by atoms with Crippen LogP contribution in [0.5, 0.6) is 5.75 Å². The molecule has 2 heteroatoms. The van der Waals surface area contributed by atoms with E-state index in [4.69, 9.17) is 4.74 Å². The van der Waals surface area contributed by atoms with Crippen molar-refractivity contribution < 1.29 is 4.74 Å². The lowest BCUT2D eigenvalue weighted by Gasteiger charge is -2.09. The van der Waals surface area contributed by atoms with Gasteiger partial charge >= 0.3 is 0 Å². The van der Waals surface area contributed by atoms with Crippen molar-refractivity contribution in [1.82, 2.24) is 4.98 Å². The second kappa shape index (κ2) is 4.20. The summed E-state index contributed by atoms with van der Waals surface area (Å²) in [4.78, 5) is 4.66. The highest BCUT2D eigenvalue weighted by molar-refractivity contribution is 6.15. The van der Waals surface area contributed by atoms with Crippen LogP contribution in [0.2, 0.25) is 0 Å². The number of hydrogen-bond donors (Lipinski definition) is 0. The van der Waals surface area contributed by atoms with E-state index in [1.165, 1.54) is 16.2 Å². The van der Waals surface area contributed by atoms with Crippen molar-refractivity contribution in [2.45, 2.75) is 0 Å². The summed E-state index contributed by atoms with van der Waals surface area (Å²) in [6, 6.07) is 18.7. The molecule has 3 aromatic carbocycles. The van der Waals surface area contributed by atoms with Gasteiger partial charge in [-0.3, -0.25) is 4.98 Å². The van der Waals surface area contributed by atoms with E-state index in [0.29, 0.717) is 0 Å². The molecule has 0 saturated heterocycles. The van der Waals surface area contributed by atoms with Crippen LogP contribution in [-0.2, 0) is 0 Å². The largest absolute Gasteiger partial charge is 0.496 e. The summed E-state index contributed by atoms with van der Waals surface area (Å²) in [6.07, 6.45) is 1.94. The topological polar surface area (TPSA) is 22.1 Å². The maximum atomic E-state index is 5.44. The van der Waals surface area contributed by atoms with Gasteiger partial charge in [0.1, 0.15) is 5.75 Å². The third-order valence-electron chi connectivity index (χ3n) is 3.80. The molecule has 0 amide bonds. The minimum atomic E-state index is 0.888. The highest BCUT2D eigenvalue weighted by Gasteiger charge is 2.08. The molecule has 1 aromatic heterocycles. The third kappa shape index (κ3) is 1.48. The molecule has 0 saturated carbocycles. The van der Waals surface area contributed by atoms with Crippen molar-refractivity contribution in [2.24, 2.45) is 0 Å². The van der Waals surface area contributed by atoms with E-state index in [1.807, 2.05) is 24.4 Å². The number of nitrogens with zero attached hydrogens (tertiary/aromatic N) is 1. The van der Waals surface area contributed by atoms with Gasteiger partial charge in [0.15, 0.2) is 0 Å². The van der Waals surface area contributed by atoms with E-state index < -0.39 is 0 Å². The van der Waals surface area contributed by atoms with Crippen LogP contribution in [0.3, 0.4) is 0 Å². The molecule has 0 fully saturated rings. The first-order valence-corrected chi connectivity index (χ1v) is 6.61. The summed E-state index contributed by atoms with van der Waals surface area (Å²) in [7, 11) is 1.70. The molecule has 20 heavy (non-hydrogen) atoms. The molecular weight excluding hydrogens is 246 g/mol. The number of fused-ring (bicyclic) bond motifs is 5. The second-order valence-corrected chi connectivity index (χ2v) is 4.86. The summed E-state index contributed by atoms with van der Waals surface area (Å²) < 4.78 is 5.44. The lowest BCUT2D eigenvalue weighted by molar-refractivity contribution is 0.420. The number of hydrogen-bond acceptors (Lipinski definition) is 2. The minimum absolute atomic E-state index is 0.888. The van der Waals surface area contributed by atoms with E-state index in [-0.39, 0.29) is 0 Å². The number of pyridine rings is 1. The Hall–Kier alpha value is -2.61. The minimum Gasteiger partial charge on any atom is -0.496 e. The molecule has 0 unspecified atom stereocenters. The van der Waals surface area contributed by atoms with E-state index in [9.17, 15) is 0 Å². The van der Waals surface area contributed by atoms with Gasteiger partial charge in [0.2, 0.25) is 0 Å². The first kappa shape index (κ1) is 11.2. The van der Waals surface area contributed by atoms with Crippen LogP contribution in [-0.4, -0.2) is 12.1 Å². The summed E-state index contributed by atoms with van der Waals surface area (Å²) in [5.74, 6) is 0.888. The molecule has 0 aliphatic carbocycles. The first-order valence-electron chi connectivity index (χ1n) is 6.61. The Morgan fingerprint density at radius 3 is 2.40 bits per heavy atom. The summed E-state index contributed by atoms with van der Waals surface area (Å²) in [5.41, 5.74) is 1.03. The first-order chi connectivity index (χ1) is 9.88. The van der Waals surface area contributed by atoms with Crippen molar-refractivity contribution in [2.75, 3.05) is 7.11 Å². The lowest BCUT2D eigenvalue weighted by Crippen LogP contribution is -1.88. The monoisotopic (exact) mass is 259 g/mol. The number of ether oxygens (including phenoxy) is 1. The van der Waals surface area contributed by atoms with Gasteiger partial charge in [0.25, 0.3) is 0 Å². The number of aromatic nitrogens is 1. The van der Waals surface area contributed by atoms with Gasteiger partial charge in [-0.1, -0.05) is 42.5 Å². The molecule has 0 bridgehead atoms. The molecule has 0 atom stereocenters. The zero-order valence-electron chi connectivity index (χ0n) is 11.1. The van der Waals surface area contributed by atoms with Gasteiger partial charge in [-0.05, 0) is 17.5 Å². The van der Waals surface area contributed by atoms with Gasteiger partial charge < -0.3 is 4.74 Å². The molecule has 2 nitrogen and oxygen atoms in total. The molecule has 4 aromatic rings. The van der Waals surface area contributed by atoms with Gasteiger partial charge in [-0.2, -0.15) is 0 Å². The average Bonchev–Trinajstić information content (AvgIpc) is 2.53. The Kier molecular flexibility index (Phi) is 2.36. The summed E-state index contributed by atoms with van der Waals surface area (Å²) in [6.45, 7) is 0. The fraction of sp³-hybridized carbons (Fsp3) is 0.0556. The Bertz CT molecular complexity index is 944. The summed E-state index contributed by atoms with van der Waals surface area (Å²) in [5, 5.41) is 5.83. The number of rotatable bonds is 1. The zero-order chi connectivity index (χ0) is 13.5. The maximum absolute atomic E-state index is 5.44. The molecule has 0 aliphatic rings. The van der Waals surface area contributed by atoms with Crippen molar-refractivity contribution in [3.05, 3.63) is 60.8 Å². The molecule has 96 valence electrons. The third-order valence-corrected chi connectivity index (χ3v) is 3.80. The predicted octanol–water partition coefficient (Wildman–Crippen LogP) is 4.55. The molecule has 1 heterocycles. The van der Waals surface area contributed by atoms with Crippen molar-refractivity contribution in [1.29, 1.82) is 0 Å². The fourth-order valence-electron chi connectivity index (χ4n) is 2.84. The Balaban J connectivity index is 2.23. The molecule has 0 aliphatic heterocycles. The fourth-order valence-corrected chi connectivity index (χ4v) is 2.84. The highest BCUT2D eigenvalue weighted by atomic mass is 16.5. The normalized spacial score (nSPS) is 11.2. The van der Waals surface area contributed by atoms with Crippen molar-refractivity contribution in [3.63, 3.8) is 0 Å². The van der Waals surface area contributed by atoms with Crippen LogP contribution < -0.4 is 4.74 Å². The van der Waals surface area contributed by atoms with Gasteiger partial charge in [0, 0.05) is 27.7 Å². The van der Waals surface area contributed by atoms with Gasteiger partial charge in [0.05, 0.1) is 12.6 Å². The molecule has 0 N–H and O–H groups in total. The quantitative estimate of drug-likeness (QED) is 0.468. The van der Waals surface area contributed by atoms with E-state index >= 15 is 0 Å². The predicted molar refractivity (Wildman–Crippen MR) is 83.3 cm³/mol. The maximum Gasteiger partial charge on any atom is 0.126 e. The molecular formula is C18H13NO. The van der Waals surface area contributed by atoms with Crippen LogP contribution in [0.1, 0.15) is 0 Å². The Morgan fingerprint density at radius 2 is 1.50 bits per heavy atom. The summed E-state index contributed by atoms with van der Waals surface area (Å²) >= 11 is 0. The van der Waals surface area contributed by atoms with Crippen LogP contribution in [0.25, 0.3) is 32.4 Å². The van der Waals surface area contributed by atoms with Gasteiger partial charge in [-0.25, -0.2) is 0 Å². The molecule has 0 spiro atoms. The van der Waals surface area contributed by atoms with Crippen molar-refractivity contribution in [3.8, 4) is 5.75 Å². The van der Waals surface area contributed by atoms with Crippen LogP contribution in [0.4, 0.5) is 0 Å². The van der Waals surface area contributed by atoms with Crippen LogP contribution in [0, 0.1) is 0 Å². The van der Waals surface area contributed by atoms with Gasteiger partial charge in [-0.15, -0.1) is 0 Å². The second-order valence-electron chi connectivity index (χ2n) is 4.86. The smallest absolute Gasteiger partial charge is 0.126 e. The lowest BCUT2D eigenvalue weighted by atomic mass is 10.0.